The molecule has 1 aliphatic rings. The Bertz CT molecular complexity index is 510. The van der Waals surface area contributed by atoms with Gasteiger partial charge < -0.3 is 19.9 Å². The van der Waals surface area contributed by atoms with Gasteiger partial charge in [0.2, 0.25) is 0 Å². The highest BCUT2D eigenvalue weighted by Gasteiger charge is 2.33. The molecule has 118 valence electrons. The number of methoxy groups -OCH3 is 3. The minimum absolute atomic E-state index is 0.214. The first-order chi connectivity index (χ1) is 10.1. The minimum Gasteiger partial charge on any atom is -0.495 e. The summed E-state index contributed by atoms with van der Waals surface area (Å²) in [7, 11) is 6.87. The minimum atomic E-state index is 0.214. The molecule has 1 aromatic carbocycles. The molecule has 1 aliphatic heterocycles. The van der Waals surface area contributed by atoms with Crippen molar-refractivity contribution >= 4 is 11.6 Å². The quantitative estimate of drug-likeness (QED) is 0.904. The molecule has 1 saturated heterocycles. The smallest absolute Gasteiger partial charge is 0.183 e. The van der Waals surface area contributed by atoms with Crippen molar-refractivity contribution in [3.63, 3.8) is 0 Å². The van der Waals surface area contributed by atoms with Gasteiger partial charge in [-0.05, 0) is 32.0 Å². The summed E-state index contributed by atoms with van der Waals surface area (Å²) in [4.78, 5) is 2.28. The van der Waals surface area contributed by atoms with Crippen LogP contribution in [0.15, 0.2) is 6.07 Å². The van der Waals surface area contributed by atoms with Crippen LogP contribution in [0.5, 0.6) is 17.2 Å². The van der Waals surface area contributed by atoms with Crippen molar-refractivity contribution in [3.05, 3.63) is 16.7 Å². The zero-order valence-corrected chi connectivity index (χ0v) is 13.7. The van der Waals surface area contributed by atoms with Crippen LogP contribution in [-0.4, -0.2) is 46.4 Å². The van der Waals surface area contributed by atoms with Gasteiger partial charge in [0, 0.05) is 18.2 Å². The maximum absolute atomic E-state index is 6.42. The maximum Gasteiger partial charge on any atom is 0.183 e. The van der Waals surface area contributed by atoms with Crippen molar-refractivity contribution in [1.82, 2.24) is 4.90 Å². The number of halogens is 1. The van der Waals surface area contributed by atoms with Crippen LogP contribution in [0, 0.1) is 5.92 Å². The molecule has 21 heavy (non-hydrogen) atoms. The maximum atomic E-state index is 6.42. The molecule has 2 unspecified atom stereocenters. The van der Waals surface area contributed by atoms with Crippen LogP contribution < -0.4 is 19.9 Å². The molecule has 0 aromatic heterocycles. The van der Waals surface area contributed by atoms with Gasteiger partial charge in [0.1, 0.15) is 10.8 Å². The fourth-order valence-electron chi connectivity index (χ4n) is 3.05. The molecule has 2 rings (SSSR count). The molecule has 2 atom stereocenters. The first-order valence-corrected chi connectivity index (χ1v) is 7.33. The van der Waals surface area contributed by atoms with Crippen LogP contribution in [0.1, 0.15) is 18.0 Å². The fraction of sp³-hybridized carbons (Fsp3) is 0.600. The predicted molar refractivity (Wildman–Crippen MR) is 83.6 cm³/mol. The summed E-state index contributed by atoms with van der Waals surface area (Å²) < 4.78 is 16.2. The second-order valence-corrected chi connectivity index (χ2v) is 5.72. The van der Waals surface area contributed by atoms with Crippen molar-refractivity contribution in [2.24, 2.45) is 11.7 Å². The Morgan fingerprint density at radius 2 is 1.90 bits per heavy atom. The zero-order valence-electron chi connectivity index (χ0n) is 13.0. The predicted octanol–water partition coefficient (Wildman–Crippen LogP) is 2.32. The average molecular weight is 315 g/mol. The van der Waals surface area contributed by atoms with Crippen molar-refractivity contribution in [2.75, 3.05) is 41.5 Å². The lowest BCUT2D eigenvalue weighted by atomic mass is 9.98. The van der Waals surface area contributed by atoms with Gasteiger partial charge in [-0.25, -0.2) is 0 Å². The van der Waals surface area contributed by atoms with Crippen molar-refractivity contribution in [1.29, 1.82) is 0 Å². The molecule has 6 heteroatoms. The van der Waals surface area contributed by atoms with Crippen molar-refractivity contribution in [3.8, 4) is 17.2 Å². The van der Waals surface area contributed by atoms with Gasteiger partial charge in [0.05, 0.1) is 21.3 Å². The third-order valence-electron chi connectivity index (χ3n) is 4.13. The van der Waals surface area contributed by atoms with Gasteiger partial charge >= 0.3 is 0 Å². The summed E-state index contributed by atoms with van der Waals surface area (Å²) in [6.45, 7) is 1.65. The van der Waals surface area contributed by atoms with Gasteiger partial charge in [-0.15, -0.1) is 0 Å². The molecule has 0 bridgehead atoms. The summed E-state index contributed by atoms with van der Waals surface area (Å²) in [6, 6.07) is 2.16. The van der Waals surface area contributed by atoms with E-state index in [-0.39, 0.29) is 6.04 Å². The van der Waals surface area contributed by atoms with Crippen LogP contribution in [0.4, 0.5) is 0 Å². The molecular formula is C15H23ClN2O3. The molecule has 2 N–H and O–H groups in total. The van der Waals surface area contributed by atoms with Crippen molar-refractivity contribution < 1.29 is 14.2 Å². The van der Waals surface area contributed by atoms with Gasteiger partial charge in [-0.1, -0.05) is 11.6 Å². The lowest BCUT2D eigenvalue weighted by molar-refractivity contribution is 0.298. The standard InChI is InChI=1S/C15H23ClN2O3/c1-18-8-9(7-17)5-11(18)10-6-12(19-2)15(21-4)13(16)14(10)20-3/h6,9,11H,5,7-8,17H2,1-4H3. The van der Waals surface area contributed by atoms with E-state index in [1.807, 2.05) is 6.07 Å². The molecule has 0 aliphatic carbocycles. The molecule has 1 heterocycles. The molecular weight excluding hydrogens is 292 g/mol. The van der Waals surface area contributed by atoms with E-state index in [1.54, 1.807) is 21.3 Å². The Balaban J connectivity index is 2.50. The van der Waals surface area contributed by atoms with E-state index in [0.717, 1.165) is 18.5 Å². The lowest BCUT2D eigenvalue weighted by Crippen LogP contribution is -2.21. The summed E-state index contributed by atoms with van der Waals surface area (Å²) >= 11 is 6.42. The highest BCUT2D eigenvalue weighted by molar-refractivity contribution is 6.34. The number of likely N-dealkylation sites (tertiary alicyclic amines) is 1. The van der Waals surface area contributed by atoms with Crippen LogP contribution in [-0.2, 0) is 0 Å². The molecule has 5 nitrogen and oxygen atoms in total. The SMILES string of the molecule is COc1cc(C2CC(CN)CN2C)c(OC)c(Cl)c1OC. The van der Waals surface area contributed by atoms with Crippen LogP contribution in [0.2, 0.25) is 5.02 Å². The van der Waals surface area contributed by atoms with E-state index in [9.17, 15) is 0 Å². The third-order valence-corrected chi connectivity index (χ3v) is 4.47. The number of hydrogen-bond donors (Lipinski definition) is 1. The average Bonchev–Trinajstić information content (AvgIpc) is 2.87. The monoisotopic (exact) mass is 314 g/mol. The molecule has 0 spiro atoms. The molecule has 0 saturated carbocycles. The Labute approximate surface area is 130 Å². The first kappa shape index (κ1) is 16.2. The Morgan fingerprint density at radius 3 is 2.38 bits per heavy atom. The van der Waals surface area contributed by atoms with Crippen LogP contribution in [0.3, 0.4) is 0 Å². The molecule has 1 aromatic rings. The highest BCUT2D eigenvalue weighted by atomic mass is 35.5. The van der Waals surface area contributed by atoms with E-state index in [0.29, 0.717) is 34.7 Å². The number of rotatable bonds is 5. The van der Waals surface area contributed by atoms with E-state index in [1.165, 1.54) is 0 Å². The van der Waals surface area contributed by atoms with Crippen LogP contribution in [0.25, 0.3) is 0 Å². The number of nitrogens with zero attached hydrogens (tertiary/aromatic N) is 1. The number of nitrogens with two attached hydrogens (primary N) is 1. The highest BCUT2D eigenvalue weighted by Crippen LogP contribution is 2.48. The Kier molecular flexibility index (Phi) is 5.19. The van der Waals surface area contributed by atoms with E-state index in [2.05, 4.69) is 11.9 Å². The first-order valence-electron chi connectivity index (χ1n) is 6.96. The summed E-state index contributed by atoms with van der Waals surface area (Å²) in [6.07, 6.45) is 0.981. The normalized spacial score (nSPS) is 22.4. The van der Waals surface area contributed by atoms with Gasteiger partial charge in [0.15, 0.2) is 11.5 Å². The summed E-state index contributed by atoms with van der Waals surface area (Å²) in [5.41, 5.74) is 6.82. The Morgan fingerprint density at radius 1 is 1.24 bits per heavy atom. The Hall–Kier alpha value is -1.17. The number of ether oxygens (including phenoxy) is 3. The summed E-state index contributed by atoms with van der Waals surface area (Å²) in [5.74, 6) is 2.24. The second-order valence-electron chi connectivity index (χ2n) is 5.34. The third kappa shape index (κ3) is 2.91. The van der Waals surface area contributed by atoms with Gasteiger partial charge in [0.25, 0.3) is 0 Å². The molecule has 0 radical (unpaired) electrons. The number of hydrogen-bond acceptors (Lipinski definition) is 5. The molecule has 1 fully saturated rings. The van der Waals surface area contributed by atoms with E-state index >= 15 is 0 Å². The van der Waals surface area contributed by atoms with Gasteiger partial charge in [-0.3, -0.25) is 4.90 Å². The van der Waals surface area contributed by atoms with E-state index < -0.39 is 0 Å². The second kappa shape index (κ2) is 6.73. The lowest BCUT2D eigenvalue weighted by Gasteiger charge is -2.24. The summed E-state index contributed by atoms with van der Waals surface area (Å²) in [5, 5.41) is 0.443. The van der Waals surface area contributed by atoms with Crippen molar-refractivity contribution in [2.45, 2.75) is 12.5 Å². The number of benzene rings is 1. The van der Waals surface area contributed by atoms with E-state index in [4.69, 9.17) is 31.5 Å². The zero-order chi connectivity index (χ0) is 15.6. The largest absolute Gasteiger partial charge is 0.495 e. The topological polar surface area (TPSA) is 57.0 Å². The van der Waals surface area contributed by atoms with Gasteiger partial charge in [-0.2, -0.15) is 0 Å². The molecule has 0 amide bonds. The fourth-order valence-corrected chi connectivity index (χ4v) is 3.40. The van der Waals surface area contributed by atoms with Crippen LogP contribution >= 0.6 is 11.6 Å².